The van der Waals surface area contributed by atoms with E-state index in [1.54, 1.807) is 26.6 Å². The zero-order valence-corrected chi connectivity index (χ0v) is 19.9. The molecule has 0 radical (unpaired) electrons. The first-order valence-electron chi connectivity index (χ1n) is 11.7. The molecule has 1 aliphatic heterocycles. The molecule has 0 saturated carbocycles. The Kier molecular flexibility index (Phi) is 6.48. The monoisotopic (exact) mass is 468 g/mol. The number of methoxy groups -OCH3 is 2. The number of nitrogens with zero attached hydrogens (tertiary/aromatic N) is 4. The molecule has 1 aliphatic rings. The summed E-state index contributed by atoms with van der Waals surface area (Å²) in [4.78, 5) is 20.2. The Morgan fingerprint density at radius 1 is 1.06 bits per heavy atom. The molecule has 1 atom stereocenters. The number of rotatable bonds is 7. The maximum absolute atomic E-state index is 14.0. The number of carbonyl (C=O) groups excluding carboxylic acids is 1. The molecule has 5 rings (SSSR count). The third-order valence-corrected chi connectivity index (χ3v) is 6.42. The van der Waals surface area contributed by atoms with Crippen molar-refractivity contribution in [3.8, 4) is 22.8 Å². The highest BCUT2D eigenvalue weighted by Crippen LogP contribution is 2.40. The van der Waals surface area contributed by atoms with Gasteiger partial charge in [0.05, 0.1) is 32.4 Å². The number of ether oxygens (including phenoxy) is 2. The summed E-state index contributed by atoms with van der Waals surface area (Å²) in [7, 11) is 3.30. The van der Waals surface area contributed by atoms with Gasteiger partial charge in [-0.1, -0.05) is 30.3 Å². The predicted octanol–water partition coefficient (Wildman–Crippen LogP) is 4.99. The van der Waals surface area contributed by atoms with Gasteiger partial charge in [0.1, 0.15) is 17.2 Å². The molecule has 0 bridgehead atoms. The molecule has 4 aromatic rings. The lowest BCUT2D eigenvalue weighted by Crippen LogP contribution is -2.31. The SMILES string of the molecule is COc1ccc(OC)c(C2CCCN2C(=O)c2cn(Cc3ccccc3)nc2-c2cccnc2)c1. The molecule has 0 N–H and O–H groups in total. The highest BCUT2D eigenvalue weighted by atomic mass is 16.5. The molecular weight excluding hydrogens is 440 g/mol. The minimum atomic E-state index is -0.105. The topological polar surface area (TPSA) is 69.5 Å². The van der Waals surface area contributed by atoms with E-state index in [0.29, 0.717) is 24.3 Å². The Bertz CT molecular complexity index is 1300. The van der Waals surface area contributed by atoms with E-state index in [2.05, 4.69) is 17.1 Å². The molecule has 35 heavy (non-hydrogen) atoms. The Morgan fingerprint density at radius 2 is 1.91 bits per heavy atom. The minimum Gasteiger partial charge on any atom is -0.497 e. The van der Waals surface area contributed by atoms with Gasteiger partial charge in [0.2, 0.25) is 0 Å². The molecule has 178 valence electrons. The lowest BCUT2D eigenvalue weighted by molar-refractivity contribution is 0.0734. The van der Waals surface area contributed by atoms with E-state index in [4.69, 9.17) is 14.6 Å². The van der Waals surface area contributed by atoms with Crippen LogP contribution in [0.3, 0.4) is 0 Å². The highest BCUT2D eigenvalue weighted by Gasteiger charge is 2.34. The van der Waals surface area contributed by atoms with Gasteiger partial charge in [0, 0.05) is 36.3 Å². The molecule has 0 spiro atoms. The number of hydrogen-bond acceptors (Lipinski definition) is 5. The van der Waals surface area contributed by atoms with Gasteiger partial charge in [0.15, 0.2) is 0 Å². The van der Waals surface area contributed by atoms with Crippen LogP contribution in [0.1, 0.15) is 40.4 Å². The molecule has 1 fully saturated rings. The van der Waals surface area contributed by atoms with Crippen LogP contribution in [0.25, 0.3) is 11.3 Å². The summed E-state index contributed by atoms with van der Waals surface area (Å²) >= 11 is 0. The number of carbonyl (C=O) groups is 1. The van der Waals surface area contributed by atoms with Crippen molar-refractivity contribution < 1.29 is 14.3 Å². The quantitative estimate of drug-likeness (QED) is 0.382. The number of pyridine rings is 1. The van der Waals surface area contributed by atoms with Crippen molar-refractivity contribution in [3.05, 3.63) is 95.9 Å². The van der Waals surface area contributed by atoms with Crippen LogP contribution in [0.5, 0.6) is 11.5 Å². The lowest BCUT2D eigenvalue weighted by Gasteiger charge is -2.26. The first-order valence-corrected chi connectivity index (χ1v) is 11.7. The van der Waals surface area contributed by atoms with Gasteiger partial charge in [-0.15, -0.1) is 0 Å². The van der Waals surface area contributed by atoms with Crippen LogP contribution in [0.4, 0.5) is 0 Å². The number of amides is 1. The Balaban J connectivity index is 1.53. The Hall–Kier alpha value is -4.13. The van der Waals surface area contributed by atoms with E-state index in [0.717, 1.165) is 41.0 Å². The van der Waals surface area contributed by atoms with Crippen LogP contribution in [-0.4, -0.2) is 46.3 Å². The van der Waals surface area contributed by atoms with E-state index >= 15 is 0 Å². The second kappa shape index (κ2) is 10.0. The second-order valence-electron chi connectivity index (χ2n) is 8.58. The fraction of sp³-hybridized carbons (Fsp3) is 0.250. The van der Waals surface area contributed by atoms with Gasteiger partial charge in [-0.3, -0.25) is 14.5 Å². The van der Waals surface area contributed by atoms with Crippen molar-refractivity contribution >= 4 is 5.91 Å². The van der Waals surface area contributed by atoms with Crippen LogP contribution in [0.2, 0.25) is 0 Å². The van der Waals surface area contributed by atoms with Crippen LogP contribution in [-0.2, 0) is 6.54 Å². The van der Waals surface area contributed by atoms with Crippen molar-refractivity contribution in [3.63, 3.8) is 0 Å². The number of benzene rings is 2. The molecule has 7 nitrogen and oxygen atoms in total. The molecule has 2 aromatic carbocycles. The van der Waals surface area contributed by atoms with E-state index in [9.17, 15) is 4.79 Å². The summed E-state index contributed by atoms with van der Waals surface area (Å²) in [6, 6.07) is 19.5. The Labute approximate surface area is 204 Å². The summed E-state index contributed by atoms with van der Waals surface area (Å²) < 4.78 is 12.9. The summed E-state index contributed by atoms with van der Waals surface area (Å²) in [6.07, 6.45) is 7.10. The van der Waals surface area contributed by atoms with E-state index in [1.165, 1.54) is 0 Å². The summed E-state index contributed by atoms with van der Waals surface area (Å²) in [6.45, 7) is 1.24. The van der Waals surface area contributed by atoms with Gasteiger partial charge < -0.3 is 14.4 Å². The van der Waals surface area contributed by atoms with Crippen molar-refractivity contribution in [2.45, 2.75) is 25.4 Å². The van der Waals surface area contributed by atoms with E-state index < -0.39 is 0 Å². The lowest BCUT2D eigenvalue weighted by atomic mass is 10.0. The fourth-order valence-electron chi connectivity index (χ4n) is 4.73. The van der Waals surface area contributed by atoms with Crippen LogP contribution < -0.4 is 9.47 Å². The first kappa shape index (κ1) is 22.7. The maximum Gasteiger partial charge on any atom is 0.258 e. The second-order valence-corrected chi connectivity index (χ2v) is 8.58. The van der Waals surface area contributed by atoms with Gasteiger partial charge in [-0.25, -0.2) is 0 Å². The summed E-state index contributed by atoms with van der Waals surface area (Å²) in [5.74, 6) is 1.45. The zero-order chi connectivity index (χ0) is 24.2. The third-order valence-electron chi connectivity index (χ3n) is 6.42. The molecule has 3 heterocycles. The maximum atomic E-state index is 14.0. The van der Waals surface area contributed by atoms with Crippen molar-refractivity contribution in [2.24, 2.45) is 0 Å². The van der Waals surface area contributed by atoms with Gasteiger partial charge >= 0.3 is 0 Å². The molecule has 7 heteroatoms. The van der Waals surface area contributed by atoms with Crippen LogP contribution in [0.15, 0.2) is 79.3 Å². The van der Waals surface area contributed by atoms with Crippen LogP contribution in [0, 0.1) is 0 Å². The van der Waals surface area contributed by atoms with Crippen molar-refractivity contribution in [1.29, 1.82) is 0 Å². The molecule has 1 amide bonds. The molecule has 2 aromatic heterocycles. The smallest absolute Gasteiger partial charge is 0.258 e. The standard InChI is InChI=1S/C28H28N4O3/c1-34-22-12-13-26(35-2)23(16-22)25-11-7-15-32(25)28(33)24-19-31(18-20-8-4-3-5-9-20)30-27(24)21-10-6-14-29-17-21/h3-6,8-10,12-14,16-17,19,25H,7,11,15,18H2,1-2H3. The van der Waals surface area contributed by atoms with Gasteiger partial charge in [-0.2, -0.15) is 5.10 Å². The average molecular weight is 469 g/mol. The van der Waals surface area contributed by atoms with Crippen molar-refractivity contribution in [2.75, 3.05) is 20.8 Å². The number of likely N-dealkylation sites (tertiary alicyclic amines) is 1. The van der Waals surface area contributed by atoms with Gasteiger partial charge in [0.25, 0.3) is 5.91 Å². The third kappa shape index (κ3) is 4.62. The predicted molar refractivity (Wildman–Crippen MR) is 134 cm³/mol. The first-order chi connectivity index (χ1) is 17.2. The molecule has 1 unspecified atom stereocenters. The van der Waals surface area contributed by atoms with Gasteiger partial charge in [-0.05, 0) is 48.7 Å². The summed E-state index contributed by atoms with van der Waals surface area (Å²) in [5.41, 5.74) is 4.10. The molecule has 1 saturated heterocycles. The fourth-order valence-corrected chi connectivity index (χ4v) is 4.73. The van der Waals surface area contributed by atoms with Crippen molar-refractivity contribution in [1.82, 2.24) is 19.7 Å². The minimum absolute atomic E-state index is 0.0458. The Morgan fingerprint density at radius 3 is 2.66 bits per heavy atom. The number of hydrogen-bond donors (Lipinski definition) is 0. The normalized spacial score (nSPS) is 15.3. The van der Waals surface area contributed by atoms with E-state index in [1.807, 2.05) is 64.3 Å². The largest absolute Gasteiger partial charge is 0.497 e. The van der Waals surface area contributed by atoms with E-state index in [-0.39, 0.29) is 11.9 Å². The average Bonchev–Trinajstić information content (AvgIpc) is 3.57. The molecular formula is C28H28N4O3. The number of aromatic nitrogens is 3. The molecule has 0 aliphatic carbocycles. The summed E-state index contributed by atoms with van der Waals surface area (Å²) in [5, 5.41) is 4.81. The highest BCUT2D eigenvalue weighted by molar-refractivity contribution is 6.00. The zero-order valence-electron chi connectivity index (χ0n) is 19.9. The van der Waals surface area contributed by atoms with Crippen LogP contribution >= 0.6 is 0 Å².